The Bertz CT molecular complexity index is 193. The van der Waals surface area contributed by atoms with E-state index in [1.165, 1.54) is 6.42 Å². The van der Waals surface area contributed by atoms with Gasteiger partial charge in [0, 0.05) is 19.3 Å². The highest BCUT2D eigenvalue weighted by atomic mass is 16.1. The van der Waals surface area contributed by atoms with Gasteiger partial charge in [0.2, 0.25) is 0 Å². The molecule has 1 aliphatic rings. The maximum atomic E-state index is 11.0. The molecule has 1 unspecified atom stereocenters. The molecule has 0 aliphatic heterocycles. The summed E-state index contributed by atoms with van der Waals surface area (Å²) in [4.78, 5) is 11.0. The summed E-state index contributed by atoms with van der Waals surface area (Å²) in [6.07, 6.45) is 6.49. The number of nitriles is 1. The van der Waals surface area contributed by atoms with Crippen molar-refractivity contribution in [3.8, 4) is 6.07 Å². The lowest BCUT2D eigenvalue weighted by Crippen LogP contribution is -2.14. The zero-order valence-electron chi connectivity index (χ0n) is 7.38. The van der Waals surface area contributed by atoms with Gasteiger partial charge in [0.15, 0.2) is 0 Å². The van der Waals surface area contributed by atoms with Crippen LogP contribution >= 0.6 is 0 Å². The molecule has 1 saturated carbocycles. The van der Waals surface area contributed by atoms with Gasteiger partial charge in [-0.2, -0.15) is 5.26 Å². The van der Waals surface area contributed by atoms with E-state index in [4.69, 9.17) is 5.26 Å². The molecule has 0 bridgehead atoms. The highest BCUT2D eigenvalue weighted by Gasteiger charge is 2.18. The van der Waals surface area contributed by atoms with E-state index in [1.54, 1.807) is 0 Å². The molecule has 0 aromatic carbocycles. The Morgan fingerprint density at radius 2 is 2.42 bits per heavy atom. The van der Waals surface area contributed by atoms with Crippen LogP contribution in [0.25, 0.3) is 0 Å². The summed E-state index contributed by atoms with van der Waals surface area (Å²) in [7, 11) is 0. The third kappa shape index (κ3) is 3.04. The molecule has 2 nitrogen and oxygen atoms in total. The van der Waals surface area contributed by atoms with Crippen LogP contribution in [-0.4, -0.2) is 5.78 Å². The monoisotopic (exact) mass is 165 g/mol. The maximum absolute atomic E-state index is 11.0. The Morgan fingerprint density at radius 3 is 3.08 bits per heavy atom. The molecule has 1 fully saturated rings. The molecule has 66 valence electrons. The molecule has 12 heavy (non-hydrogen) atoms. The van der Waals surface area contributed by atoms with Gasteiger partial charge >= 0.3 is 0 Å². The minimum Gasteiger partial charge on any atom is -0.300 e. The Hall–Kier alpha value is -0.840. The van der Waals surface area contributed by atoms with Crippen LogP contribution < -0.4 is 0 Å². The fourth-order valence-electron chi connectivity index (χ4n) is 1.83. The van der Waals surface area contributed by atoms with E-state index in [0.29, 0.717) is 18.1 Å². The van der Waals surface area contributed by atoms with Gasteiger partial charge in [-0.25, -0.2) is 0 Å². The largest absolute Gasteiger partial charge is 0.300 e. The Balaban J connectivity index is 2.15. The number of hydrogen-bond acceptors (Lipinski definition) is 2. The van der Waals surface area contributed by atoms with Crippen LogP contribution in [0.4, 0.5) is 0 Å². The summed E-state index contributed by atoms with van der Waals surface area (Å²) in [5.74, 6) is 1.00. The normalized spacial score (nSPS) is 23.6. The van der Waals surface area contributed by atoms with Crippen LogP contribution in [0.2, 0.25) is 0 Å². The summed E-state index contributed by atoms with van der Waals surface area (Å²) < 4.78 is 0. The first-order valence-corrected chi connectivity index (χ1v) is 4.71. The van der Waals surface area contributed by atoms with Crippen molar-refractivity contribution in [2.45, 2.75) is 44.9 Å². The van der Waals surface area contributed by atoms with Gasteiger partial charge in [0.05, 0.1) is 6.07 Å². The maximum Gasteiger partial charge on any atom is 0.133 e. The molecule has 1 aliphatic carbocycles. The highest BCUT2D eigenvalue weighted by Crippen LogP contribution is 2.25. The van der Waals surface area contributed by atoms with Crippen molar-refractivity contribution < 1.29 is 4.79 Å². The second-order valence-electron chi connectivity index (χ2n) is 3.55. The molecular weight excluding hydrogens is 150 g/mol. The Labute approximate surface area is 73.6 Å². The van der Waals surface area contributed by atoms with E-state index in [2.05, 4.69) is 6.07 Å². The van der Waals surface area contributed by atoms with Gasteiger partial charge in [-0.15, -0.1) is 0 Å². The molecular formula is C10H15NO. The van der Waals surface area contributed by atoms with E-state index in [9.17, 15) is 4.79 Å². The van der Waals surface area contributed by atoms with E-state index >= 15 is 0 Å². The summed E-state index contributed by atoms with van der Waals surface area (Å²) in [6.45, 7) is 0. The Morgan fingerprint density at radius 1 is 1.58 bits per heavy atom. The zero-order valence-corrected chi connectivity index (χ0v) is 7.38. The molecule has 0 N–H and O–H groups in total. The fraction of sp³-hybridized carbons (Fsp3) is 0.800. The molecule has 0 aromatic rings. The van der Waals surface area contributed by atoms with Gasteiger partial charge in [-0.1, -0.05) is 0 Å². The molecule has 0 amide bonds. The highest BCUT2D eigenvalue weighted by molar-refractivity contribution is 5.79. The number of hydrogen-bond donors (Lipinski definition) is 0. The predicted octanol–water partition coefficient (Wildman–Crippen LogP) is 2.44. The van der Waals surface area contributed by atoms with Gasteiger partial charge in [-0.3, -0.25) is 4.79 Å². The van der Waals surface area contributed by atoms with Crippen LogP contribution in [0.1, 0.15) is 44.9 Å². The summed E-state index contributed by atoms with van der Waals surface area (Å²) in [5.41, 5.74) is 0. The first kappa shape index (κ1) is 9.25. The number of carbonyl (C=O) groups is 1. The standard InChI is InChI=1S/C10H15NO/c11-7-2-1-4-9-5-3-6-10(12)8-9/h9H,1-6,8H2. The van der Waals surface area contributed by atoms with Gasteiger partial charge < -0.3 is 0 Å². The lowest BCUT2D eigenvalue weighted by atomic mass is 9.85. The first-order valence-electron chi connectivity index (χ1n) is 4.71. The molecule has 2 heteroatoms. The van der Waals surface area contributed by atoms with Crippen molar-refractivity contribution in [1.82, 2.24) is 0 Å². The van der Waals surface area contributed by atoms with Crippen LogP contribution in [0.3, 0.4) is 0 Å². The van der Waals surface area contributed by atoms with Gasteiger partial charge in [0.1, 0.15) is 5.78 Å². The van der Waals surface area contributed by atoms with Crippen molar-refractivity contribution in [3.63, 3.8) is 0 Å². The molecule has 0 aromatic heterocycles. The number of nitrogens with zero attached hydrogens (tertiary/aromatic N) is 1. The molecule has 0 heterocycles. The third-order valence-corrected chi connectivity index (χ3v) is 2.49. The molecule has 0 spiro atoms. The average Bonchev–Trinajstić information content (AvgIpc) is 2.05. The lowest BCUT2D eigenvalue weighted by molar-refractivity contribution is -0.121. The average molecular weight is 165 g/mol. The quantitative estimate of drug-likeness (QED) is 0.602. The number of rotatable bonds is 3. The van der Waals surface area contributed by atoms with E-state index in [-0.39, 0.29) is 0 Å². The number of unbranched alkanes of at least 4 members (excludes halogenated alkanes) is 1. The van der Waals surface area contributed by atoms with Crippen molar-refractivity contribution >= 4 is 5.78 Å². The van der Waals surface area contributed by atoms with E-state index < -0.39 is 0 Å². The van der Waals surface area contributed by atoms with Crippen molar-refractivity contribution in [2.24, 2.45) is 5.92 Å². The van der Waals surface area contributed by atoms with Crippen LogP contribution in [0.15, 0.2) is 0 Å². The third-order valence-electron chi connectivity index (χ3n) is 2.49. The van der Waals surface area contributed by atoms with Crippen LogP contribution in [0, 0.1) is 17.2 Å². The summed E-state index contributed by atoms with van der Waals surface area (Å²) in [5, 5.41) is 8.33. The molecule has 1 rings (SSSR count). The smallest absolute Gasteiger partial charge is 0.133 e. The second-order valence-corrected chi connectivity index (χ2v) is 3.55. The molecule has 0 radical (unpaired) electrons. The zero-order chi connectivity index (χ0) is 8.81. The lowest BCUT2D eigenvalue weighted by Gasteiger charge is -2.19. The number of carbonyl (C=O) groups excluding carboxylic acids is 1. The number of Topliss-reactive ketones (excluding diaryl/α,β-unsaturated/α-hetero) is 1. The summed E-state index contributed by atoms with van der Waals surface area (Å²) in [6, 6.07) is 2.13. The van der Waals surface area contributed by atoms with Crippen molar-refractivity contribution in [3.05, 3.63) is 0 Å². The Kier molecular flexibility index (Phi) is 3.79. The van der Waals surface area contributed by atoms with Crippen molar-refractivity contribution in [2.75, 3.05) is 0 Å². The van der Waals surface area contributed by atoms with Crippen molar-refractivity contribution in [1.29, 1.82) is 5.26 Å². The topological polar surface area (TPSA) is 40.9 Å². The molecule has 0 saturated heterocycles. The fourth-order valence-corrected chi connectivity index (χ4v) is 1.83. The minimum atomic E-state index is 0.420. The minimum absolute atomic E-state index is 0.420. The predicted molar refractivity (Wildman–Crippen MR) is 46.4 cm³/mol. The second kappa shape index (κ2) is 4.92. The van der Waals surface area contributed by atoms with E-state index in [1.807, 2.05) is 0 Å². The first-order chi connectivity index (χ1) is 5.83. The van der Waals surface area contributed by atoms with Crippen LogP contribution in [-0.2, 0) is 4.79 Å². The van der Waals surface area contributed by atoms with Crippen LogP contribution in [0.5, 0.6) is 0 Å². The number of ketones is 1. The summed E-state index contributed by atoms with van der Waals surface area (Å²) >= 11 is 0. The SMILES string of the molecule is N#CCCCC1CCCC(=O)C1. The van der Waals surface area contributed by atoms with Gasteiger partial charge in [0.25, 0.3) is 0 Å². The van der Waals surface area contributed by atoms with Gasteiger partial charge in [-0.05, 0) is 31.6 Å². The van der Waals surface area contributed by atoms with E-state index in [0.717, 1.165) is 32.1 Å². The molecule has 1 atom stereocenters.